The summed E-state index contributed by atoms with van der Waals surface area (Å²) in [5.74, 6) is -0.950. The Morgan fingerprint density at radius 3 is 2.50 bits per heavy atom. The second-order valence-electron chi connectivity index (χ2n) is 7.83. The van der Waals surface area contributed by atoms with Crippen LogP contribution in [0.25, 0.3) is 0 Å². The number of hydrogen-bond donors (Lipinski definition) is 1. The van der Waals surface area contributed by atoms with E-state index >= 15 is 0 Å². The van der Waals surface area contributed by atoms with Crippen LogP contribution >= 0.6 is 0 Å². The maximum absolute atomic E-state index is 12.5. The number of carbonyl (C=O) groups excluding carboxylic acids is 1. The molecule has 2 aliphatic rings. The quantitative estimate of drug-likeness (QED) is 0.567. The van der Waals surface area contributed by atoms with Gasteiger partial charge in [0.15, 0.2) is 5.78 Å². The van der Waals surface area contributed by atoms with Crippen LogP contribution in [0.3, 0.4) is 0 Å². The van der Waals surface area contributed by atoms with Crippen LogP contribution in [0.15, 0.2) is 47.6 Å². The fraction of sp³-hybridized carbons (Fsp3) is 0.524. The molecular formula is C21H28O3. The van der Waals surface area contributed by atoms with Gasteiger partial charge in [0.2, 0.25) is 0 Å². The zero-order valence-electron chi connectivity index (χ0n) is 15.3. The molecule has 0 aromatic carbocycles. The highest BCUT2D eigenvalue weighted by Gasteiger charge is 2.78. The fourth-order valence-electron chi connectivity index (χ4n) is 4.69. The lowest BCUT2D eigenvalue weighted by Crippen LogP contribution is -2.31. The topological polar surface area (TPSA) is 54.4 Å². The third-order valence-corrected chi connectivity index (χ3v) is 5.97. The first-order valence-electron chi connectivity index (χ1n) is 8.51. The Labute approximate surface area is 144 Å². The van der Waals surface area contributed by atoms with E-state index in [-0.39, 0.29) is 23.0 Å². The summed E-state index contributed by atoms with van der Waals surface area (Å²) in [4.78, 5) is 24.8. The van der Waals surface area contributed by atoms with Crippen LogP contribution in [0.5, 0.6) is 0 Å². The van der Waals surface area contributed by atoms with E-state index in [1.807, 2.05) is 46.8 Å². The van der Waals surface area contributed by atoms with Crippen molar-refractivity contribution in [3.63, 3.8) is 0 Å². The predicted molar refractivity (Wildman–Crippen MR) is 96.5 cm³/mol. The van der Waals surface area contributed by atoms with Gasteiger partial charge in [0.1, 0.15) is 0 Å². The Kier molecular flexibility index (Phi) is 4.76. The molecule has 0 spiro atoms. The number of allylic oxidation sites excluding steroid dienone is 7. The minimum absolute atomic E-state index is 0.0386. The van der Waals surface area contributed by atoms with Crippen LogP contribution < -0.4 is 0 Å². The zero-order chi connectivity index (χ0) is 18.3. The molecule has 1 saturated carbocycles. The number of hydrogen-bond acceptors (Lipinski definition) is 2. The van der Waals surface area contributed by atoms with Gasteiger partial charge >= 0.3 is 5.97 Å². The third kappa shape index (κ3) is 2.51. The lowest BCUT2D eigenvalue weighted by Gasteiger charge is -2.24. The minimum atomic E-state index is -0.881. The molecule has 1 fully saturated rings. The second kappa shape index (κ2) is 6.19. The molecule has 0 radical (unpaired) electrons. The maximum Gasteiger partial charge on any atom is 0.311 e. The number of Topliss-reactive ketones (excluding diaryl/α,β-unsaturated/α-hetero) is 1. The van der Waals surface area contributed by atoms with E-state index in [9.17, 15) is 14.7 Å². The summed E-state index contributed by atoms with van der Waals surface area (Å²) in [6.07, 6.45) is 8.34. The first-order valence-corrected chi connectivity index (χ1v) is 8.51. The smallest absolute Gasteiger partial charge is 0.311 e. The van der Waals surface area contributed by atoms with Crippen molar-refractivity contribution in [2.45, 2.75) is 47.5 Å². The van der Waals surface area contributed by atoms with Gasteiger partial charge in [-0.25, -0.2) is 0 Å². The van der Waals surface area contributed by atoms with E-state index in [1.54, 1.807) is 6.08 Å². The summed E-state index contributed by atoms with van der Waals surface area (Å²) < 4.78 is 0. The van der Waals surface area contributed by atoms with Crippen molar-refractivity contribution in [3.8, 4) is 0 Å². The van der Waals surface area contributed by atoms with Crippen LogP contribution in [-0.2, 0) is 9.59 Å². The lowest BCUT2D eigenvalue weighted by atomic mass is 9.78. The number of ketones is 1. The summed E-state index contributed by atoms with van der Waals surface area (Å²) in [5.41, 5.74) is 1.62. The monoisotopic (exact) mass is 328 g/mol. The van der Waals surface area contributed by atoms with Gasteiger partial charge in [-0.3, -0.25) is 9.59 Å². The average Bonchev–Trinajstić information content (AvgIpc) is 2.81. The summed E-state index contributed by atoms with van der Waals surface area (Å²) >= 11 is 0. The molecular weight excluding hydrogens is 300 g/mol. The van der Waals surface area contributed by atoms with E-state index in [0.29, 0.717) is 12.8 Å². The summed E-state index contributed by atoms with van der Waals surface area (Å²) in [7, 11) is 0. The molecule has 2 rings (SSSR count). The van der Waals surface area contributed by atoms with Crippen molar-refractivity contribution >= 4 is 11.8 Å². The molecule has 130 valence electrons. The molecule has 0 aliphatic heterocycles. The van der Waals surface area contributed by atoms with E-state index in [4.69, 9.17) is 0 Å². The second-order valence-corrected chi connectivity index (χ2v) is 7.83. The van der Waals surface area contributed by atoms with E-state index < -0.39 is 11.4 Å². The summed E-state index contributed by atoms with van der Waals surface area (Å²) in [5, 5.41) is 10.1. The molecule has 0 aromatic rings. The van der Waals surface area contributed by atoms with E-state index in [2.05, 4.69) is 12.7 Å². The highest BCUT2D eigenvalue weighted by Crippen LogP contribution is 2.75. The number of carboxylic acids is 1. The molecule has 0 bridgehead atoms. The first kappa shape index (κ1) is 18.4. The molecule has 3 heteroatoms. The van der Waals surface area contributed by atoms with Crippen molar-refractivity contribution in [1.29, 1.82) is 0 Å². The average molecular weight is 328 g/mol. The van der Waals surface area contributed by atoms with Gasteiger partial charge in [0.05, 0.1) is 5.41 Å². The molecule has 0 saturated heterocycles. The first-order chi connectivity index (χ1) is 11.1. The Hall–Kier alpha value is -1.90. The van der Waals surface area contributed by atoms with E-state index in [0.717, 1.165) is 16.7 Å². The highest BCUT2D eigenvalue weighted by molar-refractivity contribution is 6.01. The number of carbonyl (C=O) groups is 2. The van der Waals surface area contributed by atoms with Gasteiger partial charge < -0.3 is 5.11 Å². The molecule has 1 N–H and O–H groups in total. The van der Waals surface area contributed by atoms with Crippen LogP contribution in [0.2, 0.25) is 0 Å². The Bertz CT molecular complexity index is 671. The number of aliphatic carboxylic acids is 1. The molecule has 3 atom stereocenters. The van der Waals surface area contributed by atoms with Crippen molar-refractivity contribution in [2.24, 2.45) is 22.7 Å². The van der Waals surface area contributed by atoms with Gasteiger partial charge in [-0.05, 0) is 38.2 Å². The van der Waals surface area contributed by atoms with Crippen molar-refractivity contribution in [2.75, 3.05) is 0 Å². The van der Waals surface area contributed by atoms with Gasteiger partial charge in [-0.1, -0.05) is 55.9 Å². The van der Waals surface area contributed by atoms with E-state index in [1.165, 1.54) is 0 Å². The highest BCUT2D eigenvalue weighted by atomic mass is 16.4. The standard InChI is InChI=1S/C21H28O3/c1-7-8-9-10-15-14(4)16(12-17(15)22)21(19(23)24)18(11-13(2)3)20(21,5)6/h7-9,11,16,18H,1,10,12H2,2-6H3,(H,23,24). The SMILES string of the molecule is C=CC=CCC1=C(C)C(C2(C(=O)O)C(C=C(C)C)C2(C)C)CC1=O. The van der Waals surface area contributed by atoms with Crippen LogP contribution in [0.4, 0.5) is 0 Å². The number of carboxylic acid groups (broad SMARTS) is 1. The molecule has 0 aromatic heterocycles. The fourth-order valence-corrected chi connectivity index (χ4v) is 4.69. The number of rotatable bonds is 6. The maximum atomic E-state index is 12.5. The third-order valence-electron chi connectivity index (χ3n) is 5.97. The molecule has 3 unspecified atom stereocenters. The Balaban J connectivity index is 2.46. The Morgan fingerprint density at radius 2 is 2.00 bits per heavy atom. The van der Waals surface area contributed by atoms with Gasteiger partial charge in [-0.2, -0.15) is 0 Å². The van der Waals surface area contributed by atoms with Crippen LogP contribution in [-0.4, -0.2) is 16.9 Å². The van der Waals surface area contributed by atoms with Crippen molar-refractivity contribution < 1.29 is 14.7 Å². The van der Waals surface area contributed by atoms with Gasteiger partial charge in [0, 0.05) is 18.3 Å². The van der Waals surface area contributed by atoms with Crippen LogP contribution in [0.1, 0.15) is 47.5 Å². The Morgan fingerprint density at radius 1 is 1.38 bits per heavy atom. The predicted octanol–water partition coefficient (Wildman–Crippen LogP) is 4.72. The molecule has 0 amide bonds. The lowest BCUT2D eigenvalue weighted by molar-refractivity contribution is -0.147. The van der Waals surface area contributed by atoms with Gasteiger partial charge in [0.25, 0.3) is 0 Å². The van der Waals surface area contributed by atoms with Crippen molar-refractivity contribution in [3.05, 3.63) is 47.6 Å². The molecule has 3 nitrogen and oxygen atoms in total. The summed E-state index contributed by atoms with van der Waals surface area (Å²) in [6.45, 7) is 13.6. The zero-order valence-corrected chi connectivity index (χ0v) is 15.3. The van der Waals surface area contributed by atoms with Crippen molar-refractivity contribution in [1.82, 2.24) is 0 Å². The molecule has 0 heterocycles. The molecule has 24 heavy (non-hydrogen) atoms. The van der Waals surface area contributed by atoms with Crippen LogP contribution in [0, 0.1) is 22.7 Å². The molecule has 2 aliphatic carbocycles. The minimum Gasteiger partial charge on any atom is -0.481 e. The largest absolute Gasteiger partial charge is 0.481 e. The summed E-state index contributed by atoms with van der Waals surface area (Å²) in [6, 6.07) is 0. The normalized spacial score (nSPS) is 31.5. The van der Waals surface area contributed by atoms with Gasteiger partial charge in [-0.15, -0.1) is 0 Å².